The minimum atomic E-state index is -0.0752. The molecule has 0 amide bonds. The first kappa shape index (κ1) is 12.0. The Balaban J connectivity index is 0.000000151. The molecule has 3 heteroatoms. The Hall–Kier alpha value is -1.06. The van der Waals surface area contributed by atoms with E-state index in [4.69, 9.17) is 10.2 Å². The van der Waals surface area contributed by atoms with Crippen molar-refractivity contribution in [2.45, 2.75) is 25.9 Å². The highest BCUT2D eigenvalue weighted by Gasteiger charge is 2.06. The molecule has 1 unspecified atom stereocenters. The summed E-state index contributed by atoms with van der Waals surface area (Å²) in [4.78, 5) is 0. The number of hydrogen-bond acceptors (Lipinski definition) is 3. The maximum Gasteiger partial charge on any atom is 0.115 e. The number of piperidine rings is 1. The zero-order valence-corrected chi connectivity index (χ0v) is 9.11. The van der Waals surface area contributed by atoms with Gasteiger partial charge in [-0.1, -0.05) is 12.1 Å². The van der Waals surface area contributed by atoms with Crippen LogP contribution in [0, 0.1) is 6.92 Å². The van der Waals surface area contributed by atoms with Gasteiger partial charge < -0.3 is 15.5 Å². The van der Waals surface area contributed by atoms with Gasteiger partial charge in [0.15, 0.2) is 0 Å². The van der Waals surface area contributed by atoms with Gasteiger partial charge in [-0.25, -0.2) is 0 Å². The van der Waals surface area contributed by atoms with E-state index in [9.17, 15) is 0 Å². The number of hydrogen-bond donors (Lipinski definition) is 3. The quantitative estimate of drug-likeness (QED) is 0.606. The lowest BCUT2D eigenvalue weighted by molar-refractivity contribution is 0.142. The third-order valence-corrected chi connectivity index (χ3v) is 2.27. The highest BCUT2D eigenvalue weighted by atomic mass is 16.3. The number of aromatic hydroxyl groups is 1. The van der Waals surface area contributed by atoms with Crippen LogP contribution in [0.25, 0.3) is 0 Å². The Morgan fingerprint density at radius 1 is 1.40 bits per heavy atom. The summed E-state index contributed by atoms with van der Waals surface area (Å²) in [6, 6.07) is 7.15. The van der Waals surface area contributed by atoms with Gasteiger partial charge in [-0.15, -0.1) is 0 Å². The van der Waals surface area contributed by atoms with E-state index in [0.29, 0.717) is 5.75 Å². The van der Waals surface area contributed by atoms with Crippen molar-refractivity contribution < 1.29 is 10.2 Å². The number of aliphatic hydroxyl groups is 1. The number of phenolic OH excluding ortho intramolecular Hbond substituents is 1. The number of phenols is 1. The Morgan fingerprint density at radius 3 is 2.53 bits per heavy atom. The molecule has 1 aliphatic rings. The van der Waals surface area contributed by atoms with Gasteiger partial charge in [0.1, 0.15) is 5.75 Å². The number of rotatable bonds is 0. The molecule has 1 atom stereocenters. The van der Waals surface area contributed by atoms with Crippen LogP contribution >= 0.6 is 0 Å². The molecule has 2 rings (SSSR count). The van der Waals surface area contributed by atoms with Crippen molar-refractivity contribution in [3.63, 3.8) is 0 Å². The topological polar surface area (TPSA) is 52.5 Å². The van der Waals surface area contributed by atoms with Crippen molar-refractivity contribution in [3.8, 4) is 5.75 Å². The largest absolute Gasteiger partial charge is 0.508 e. The molecule has 0 aliphatic carbocycles. The molecule has 1 saturated heterocycles. The van der Waals surface area contributed by atoms with Crippen molar-refractivity contribution in [2.75, 3.05) is 13.1 Å². The normalized spacial score (nSPS) is 20.3. The van der Waals surface area contributed by atoms with Crippen LogP contribution in [-0.4, -0.2) is 29.4 Å². The lowest BCUT2D eigenvalue weighted by Crippen LogP contribution is -2.33. The number of aryl methyl sites for hydroxylation is 1. The standard InChI is InChI=1S/C7H8O.C5H11NO/c1-6-3-2-4-7(8)5-6;7-5-2-1-3-6-4-5/h2-5,8H,1H3;5-7H,1-4H2. The Morgan fingerprint density at radius 2 is 2.20 bits per heavy atom. The van der Waals surface area contributed by atoms with Crippen LogP contribution in [0.15, 0.2) is 24.3 Å². The molecule has 1 aromatic rings. The summed E-state index contributed by atoms with van der Waals surface area (Å²) in [6.45, 7) is 3.82. The monoisotopic (exact) mass is 209 g/mol. The van der Waals surface area contributed by atoms with Crippen LogP contribution in [0.1, 0.15) is 18.4 Å². The van der Waals surface area contributed by atoms with E-state index in [2.05, 4.69) is 5.32 Å². The van der Waals surface area contributed by atoms with Gasteiger partial charge in [-0.05, 0) is 44.0 Å². The predicted molar refractivity (Wildman–Crippen MR) is 61.0 cm³/mol. The Bertz CT molecular complexity index is 265. The van der Waals surface area contributed by atoms with Crippen LogP contribution in [0.2, 0.25) is 0 Å². The molecular weight excluding hydrogens is 190 g/mol. The van der Waals surface area contributed by atoms with Gasteiger partial charge in [0.05, 0.1) is 6.10 Å². The molecule has 1 fully saturated rings. The van der Waals surface area contributed by atoms with Gasteiger partial charge in [-0.2, -0.15) is 0 Å². The molecule has 3 N–H and O–H groups in total. The van der Waals surface area contributed by atoms with E-state index in [0.717, 1.165) is 31.5 Å². The fourth-order valence-electron chi connectivity index (χ4n) is 1.46. The first-order valence-corrected chi connectivity index (χ1v) is 5.33. The van der Waals surface area contributed by atoms with E-state index in [1.54, 1.807) is 12.1 Å². The van der Waals surface area contributed by atoms with Gasteiger partial charge in [0, 0.05) is 6.54 Å². The maximum absolute atomic E-state index is 8.85. The minimum Gasteiger partial charge on any atom is -0.508 e. The summed E-state index contributed by atoms with van der Waals surface area (Å²) in [5, 5.41) is 20.7. The van der Waals surface area contributed by atoms with Crippen LogP contribution in [0.3, 0.4) is 0 Å². The van der Waals surface area contributed by atoms with Crippen molar-refractivity contribution in [1.82, 2.24) is 5.32 Å². The fraction of sp³-hybridized carbons (Fsp3) is 0.500. The molecular formula is C12H19NO2. The molecule has 0 aromatic heterocycles. The zero-order chi connectivity index (χ0) is 11.1. The summed E-state index contributed by atoms with van der Waals surface area (Å²) >= 11 is 0. The lowest BCUT2D eigenvalue weighted by Gasteiger charge is -2.16. The van der Waals surface area contributed by atoms with Crippen LogP contribution in [-0.2, 0) is 0 Å². The zero-order valence-electron chi connectivity index (χ0n) is 9.11. The van der Waals surface area contributed by atoms with E-state index in [1.165, 1.54) is 0 Å². The molecule has 0 spiro atoms. The third kappa shape index (κ3) is 5.40. The Labute approximate surface area is 90.8 Å². The molecule has 1 heterocycles. The van der Waals surface area contributed by atoms with E-state index >= 15 is 0 Å². The van der Waals surface area contributed by atoms with Crippen LogP contribution in [0.4, 0.5) is 0 Å². The highest BCUT2D eigenvalue weighted by molar-refractivity contribution is 5.25. The van der Waals surface area contributed by atoms with Crippen molar-refractivity contribution in [3.05, 3.63) is 29.8 Å². The van der Waals surface area contributed by atoms with Gasteiger partial charge in [0.2, 0.25) is 0 Å². The molecule has 3 nitrogen and oxygen atoms in total. The molecule has 0 saturated carbocycles. The number of β-amino-alcohol motifs (C(OH)–C–C–N with tert-alkyl or cyclic N) is 1. The van der Waals surface area contributed by atoms with Gasteiger partial charge >= 0.3 is 0 Å². The molecule has 0 bridgehead atoms. The van der Waals surface area contributed by atoms with Crippen LogP contribution < -0.4 is 5.32 Å². The first-order valence-electron chi connectivity index (χ1n) is 5.33. The maximum atomic E-state index is 8.85. The number of aliphatic hydroxyl groups excluding tert-OH is 1. The van der Waals surface area contributed by atoms with Crippen molar-refractivity contribution in [2.24, 2.45) is 0 Å². The molecule has 1 aliphatic heterocycles. The summed E-state index contributed by atoms with van der Waals surface area (Å²) in [5.74, 6) is 0.338. The highest BCUT2D eigenvalue weighted by Crippen LogP contribution is 2.08. The molecule has 15 heavy (non-hydrogen) atoms. The smallest absolute Gasteiger partial charge is 0.115 e. The second kappa shape index (κ2) is 6.43. The average molecular weight is 209 g/mol. The molecule has 1 aromatic carbocycles. The second-order valence-corrected chi connectivity index (χ2v) is 3.84. The third-order valence-electron chi connectivity index (χ3n) is 2.27. The van der Waals surface area contributed by atoms with Gasteiger partial charge in [-0.3, -0.25) is 0 Å². The van der Waals surface area contributed by atoms with Crippen molar-refractivity contribution in [1.29, 1.82) is 0 Å². The number of benzene rings is 1. The predicted octanol–water partition coefficient (Wildman–Crippen LogP) is 1.43. The SMILES string of the molecule is Cc1cccc(O)c1.OC1CCCNC1. The van der Waals surface area contributed by atoms with E-state index in [1.807, 2.05) is 19.1 Å². The summed E-state index contributed by atoms with van der Waals surface area (Å²) in [7, 11) is 0. The second-order valence-electron chi connectivity index (χ2n) is 3.84. The minimum absolute atomic E-state index is 0.0752. The van der Waals surface area contributed by atoms with Crippen molar-refractivity contribution >= 4 is 0 Å². The fourth-order valence-corrected chi connectivity index (χ4v) is 1.46. The van der Waals surface area contributed by atoms with E-state index in [-0.39, 0.29) is 6.10 Å². The van der Waals surface area contributed by atoms with E-state index < -0.39 is 0 Å². The Kier molecular flexibility index (Phi) is 5.15. The average Bonchev–Trinajstić information content (AvgIpc) is 2.19. The van der Waals surface area contributed by atoms with Gasteiger partial charge in [0.25, 0.3) is 0 Å². The molecule has 84 valence electrons. The number of nitrogens with one attached hydrogen (secondary N) is 1. The summed E-state index contributed by atoms with van der Waals surface area (Å²) in [6.07, 6.45) is 2.03. The van der Waals surface area contributed by atoms with Crippen LogP contribution in [0.5, 0.6) is 5.75 Å². The first-order chi connectivity index (χ1) is 7.18. The lowest BCUT2D eigenvalue weighted by atomic mass is 10.1. The summed E-state index contributed by atoms with van der Waals surface area (Å²) in [5.41, 5.74) is 1.09. The summed E-state index contributed by atoms with van der Waals surface area (Å²) < 4.78 is 0. The molecule has 0 radical (unpaired) electrons.